The molecule has 1 N–H and O–H groups in total. The number of rotatable bonds is 8. The van der Waals surface area contributed by atoms with Gasteiger partial charge in [0.25, 0.3) is 0 Å². The highest BCUT2D eigenvalue weighted by Crippen LogP contribution is 2.24. The second-order valence-corrected chi connectivity index (χ2v) is 7.48. The van der Waals surface area contributed by atoms with Crippen molar-refractivity contribution < 1.29 is 13.9 Å². The van der Waals surface area contributed by atoms with Gasteiger partial charge in [-0.25, -0.2) is 14.4 Å². The van der Waals surface area contributed by atoms with Gasteiger partial charge in [0.05, 0.1) is 6.20 Å². The fourth-order valence-corrected chi connectivity index (χ4v) is 3.43. The average molecular weight is 449 g/mol. The Hall–Kier alpha value is -3.85. The van der Waals surface area contributed by atoms with Crippen LogP contribution in [0.5, 0.6) is 11.5 Å². The number of nitrogens with zero attached hydrogens (tertiary/aromatic N) is 5. The summed E-state index contributed by atoms with van der Waals surface area (Å²) >= 11 is 0. The second-order valence-electron chi connectivity index (χ2n) is 7.48. The highest BCUT2D eigenvalue weighted by molar-refractivity contribution is 5.91. The first kappa shape index (κ1) is 22.3. The van der Waals surface area contributed by atoms with E-state index in [-0.39, 0.29) is 11.7 Å². The van der Waals surface area contributed by atoms with Gasteiger partial charge in [0.15, 0.2) is 11.6 Å². The lowest BCUT2D eigenvalue weighted by Gasteiger charge is -2.34. The third kappa shape index (κ3) is 6.56. The summed E-state index contributed by atoms with van der Waals surface area (Å²) in [6.07, 6.45) is 9.60. The van der Waals surface area contributed by atoms with Crippen molar-refractivity contribution in [3.05, 3.63) is 78.6 Å². The first-order valence-electron chi connectivity index (χ1n) is 10.7. The average Bonchev–Trinajstić information content (AvgIpc) is 2.86. The molecule has 1 aliphatic heterocycles. The van der Waals surface area contributed by atoms with Crippen LogP contribution in [0.25, 0.3) is 6.08 Å². The summed E-state index contributed by atoms with van der Waals surface area (Å²) in [5.41, 5.74) is 0.570. The number of benzene rings is 1. The lowest BCUT2D eigenvalue weighted by atomic mass is 10.2. The third-order valence-corrected chi connectivity index (χ3v) is 5.18. The molecule has 0 unspecified atom stereocenters. The fraction of sp³-hybridized carbons (Fsp3) is 0.250. The number of carbonyl (C=O) groups is 1. The molecule has 4 rings (SSSR count). The van der Waals surface area contributed by atoms with E-state index < -0.39 is 5.82 Å². The Labute approximate surface area is 191 Å². The Bertz CT molecular complexity index is 1070. The Morgan fingerprint density at radius 1 is 1.09 bits per heavy atom. The van der Waals surface area contributed by atoms with Crippen LogP contribution in [0.3, 0.4) is 0 Å². The van der Waals surface area contributed by atoms with Crippen molar-refractivity contribution in [2.45, 2.75) is 0 Å². The molecule has 9 heteroatoms. The maximum Gasteiger partial charge on any atom is 0.244 e. The minimum Gasteiger partial charge on any atom is -0.453 e. The minimum absolute atomic E-state index is 0.100. The first-order chi connectivity index (χ1) is 16.2. The largest absolute Gasteiger partial charge is 0.453 e. The van der Waals surface area contributed by atoms with Crippen molar-refractivity contribution in [3.8, 4) is 11.5 Å². The molecule has 3 aromatic rings. The van der Waals surface area contributed by atoms with Crippen LogP contribution in [-0.2, 0) is 4.79 Å². The number of pyridine rings is 1. The van der Waals surface area contributed by atoms with Crippen LogP contribution in [0.15, 0.2) is 67.3 Å². The van der Waals surface area contributed by atoms with Crippen LogP contribution in [0, 0.1) is 5.82 Å². The molecule has 8 nitrogen and oxygen atoms in total. The number of aromatic nitrogens is 3. The molecule has 3 heterocycles. The van der Waals surface area contributed by atoms with Gasteiger partial charge in [-0.2, -0.15) is 0 Å². The summed E-state index contributed by atoms with van der Waals surface area (Å²) in [6, 6.07) is 9.76. The summed E-state index contributed by atoms with van der Waals surface area (Å²) in [7, 11) is 0. The molecule has 1 amide bonds. The fourth-order valence-electron chi connectivity index (χ4n) is 3.43. The van der Waals surface area contributed by atoms with E-state index in [1.165, 1.54) is 24.4 Å². The van der Waals surface area contributed by atoms with E-state index in [4.69, 9.17) is 4.74 Å². The van der Waals surface area contributed by atoms with Gasteiger partial charge in [0.2, 0.25) is 11.9 Å². The Balaban J connectivity index is 1.18. The molecule has 1 aliphatic rings. The number of ether oxygens (including phenoxy) is 1. The molecule has 33 heavy (non-hydrogen) atoms. The monoisotopic (exact) mass is 448 g/mol. The van der Waals surface area contributed by atoms with Crippen LogP contribution in [0.1, 0.15) is 5.56 Å². The van der Waals surface area contributed by atoms with Crippen molar-refractivity contribution in [1.82, 2.24) is 25.2 Å². The topological polar surface area (TPSA) is 83.5 Å². The van der Waals surface area contributed by atoms with E-state index in [0.717, 1.165) is 38.7 Å². The highest BCUT2D eigenvalue weighted by atomic mass is 19.1. The molecule has 0 atom stereocenters. The van der Waals surface area contributed by atoms with Crippen LogP contribution in [-0.4, -0.2) is 65.0 Å². The number of anilines is 1. The van der Waals surface area contributed by atoms with Crippen molar-refractivity contribution in [1.29, 1.82) is 0 Å². The van der Waals surface area contributed by atoms with Gasteiger partial charge in [0, 0.05) is 63.9 Å². The standard InChI is InChI=1S/C24H25FN6O2/c25-21-17-19(4-6-22(21)33-20-3-1-8-26-18-20)5-7-23(32)27-11-12-30-13-15-31(16-14-30)24-28-9-2-10-29-24/h1-10,17-18H,11-16H2,(H,27,32)/b7-5+. The number of hydrogen-bond donors (Lipinski definition) is 1. The van der Waals surface area contributed by atoms with Gasteiger partial charge in [-0.3, -0.25) is 14.7 Å². The normalized spacial score (nSPS) is 14.4. The minimum atomic E-state index is -0.513. The molecular weight excluding hydrogens is 423 g/mol. The van der Waals surface area contributed by atoms with Crippen LogP contribution in [0.4, 0.5) is 10.3 Å². The molecule has 0 spiro atoms. The molecule has 0 aliphatic carbocycles. The number of hydrogen-bond acceptors (Lipinski definition) is 7. The molecule has 1 saturated heterocycles. The zero-order valence-corrected chi connectivity index (χ0v) is 18.1. The number of halogens is 1. The summed E-state index contributed by atoms with van der Waals surface area (Å²) in [4.78, 5) is 29.1. The quantitative estimate of drug-likeness (QED) is 0.531. The Morgan fingerprint density at radius 2 is 1.91 bits per heavy atom. The molecule has 0 saturated carbocycles. The maximum absolute atomic E-state index is 14.3. The van der Waals surface area contributed by atoms with Crippen molar-refractivity contribution >= 4 is 17.9 Å². The summed E-state index contributed by atoms with van der Waals surface area (Å²) in [5.74, 6) is 0.574. The molecule has 0 radical (unpaired) electrons. The zero-order valence-electron chi connectivity index (χ0n) is 18.1. The molecule has 0 bridgehead atoms. The third-order valence-electron chi connectivity index (χ3n) is 5.18. The van der Waals surface area contributed by atoms with E-state index in [1.54, 1.807) is 48.9 Å². The molecular formula is C24H25FN6O2. The smallest absolute Gasteiger partial charge is 0.244 e. The van der Waals surface area contributed by atoms with E-state index in [2.05, 4.69) is 30.1 Å². The van der Waals surface area contributed by atoms with Gasteiger partial charge < -0.3 is 15.0 Å². The molecule has 2 aromatic heterocycles. The predicted molar refractivity (Wildman–Crippen MR) is 123 cm³/mol. The molecule has 170 valence electrons. The van der Waals surface area contributed by atoms with Gasteiger partial charge in [-0.1, -0.05) is 6.07 Å². The summed E-state index contributed by atoms with van der Waals surface area (Å²) in [6.45, 7) is 4.77. The first-order valence-corrected chi connectivity index (χ1v) is 10.7. The highest BCUT2D eigenvalue weighted by Gasteiger charge is 2.18. The van der Waals surface area contributed by atoms with Crippen LogP contribution >= 0.6 is 0 Å². The molecule has 1 fully saturated rings. The lowest BCUT2D eigenvalue weighted by Crippen LogP contribution is -2.48. The number of amides is 1. The number of carbonyl (C=O) groups excluding carboxylic acids is 1. The van der Waals surface area contributed by atoms with Crippen molar-refractivity contribution in [2.24, 2.45) is 0 Å². The number of piperazine rings is 1. The van der Waals surface area contributed by atoms with Gasteiger partial charge in [0.1, 0.15) is 5.75 Å². The van der Waals surface area contributed by atoms with Crippen molar-refractivity contribution in [2.75, 3.05) is 44.2 Å². The van der Waals surface area contributed by atoms with E-state index in [1.807, 2.05) is 0 Å². The van der Waals surface area contributed by atoms with E-state index >= 15 is 0 Å². The molecule has 1 aromatic carbocycles. The summed E-state index contributed by atoms with van der Waals surface area (Å²) in [5, 5.41) is 2.87. The summed E-state index contributed by atoms with van der Waals surface area (Å²) < 4.78 is 19.8. The van der Waals surface area contributed by atoms with Gasteiger partial charge >= 0.3 is 0 Å². The van der Waals surface area contributed by atoms with Crippen molar-refractivity contribution in [3.63, 3.8) is 0 Å². The van der Waals surface area contributed by atoms with Crippen LogP contribution < -0.4 is 15.0 Å². The van der Waals surface area contributed by atoms with Crippen LogP contribution in [0.2, 0.25) is 0 Å². The zero-order chi connectivity index (χ0) is 22.9. The van der Waals surface area contributed by atoms with Gasteiger partial charge in [-0.05, 0) is 42.0 Å². The predicted octanol–water partition coefficient (Wildman–Crippen LogP) is 2.75. The SMILES string of the molecule is O=C(/C=C/c1ccc(Oc2cccnc2)c(F)c1)NCCN1CCN(c2ncccn2)CC1. The van der Waals surface area contributed by atoms with E-state index in [9.17, 15) is 9.18 Å². The second kappa shape index (κ2) is 11.1. The lowest BCUT2D eigenvalue weighted by molar-refractivity contribution is -0.116. The Morgan fingerprint density at radius 3 is 2.64 bits per heavy atom. The van der Waals surface area contributed by atoms with E-state index in [0.29, 0.717) is 17.9 Å². The number of nitrogens with one attached hydrogen (secondary N) is 1. The Kier molecular flexibility index (Phi) is 7.55. The van der Waals surface area contributed by atoms with Gasteiger partial charge in [-0.15, -0.1) is 0 Å². The maximum atomic E-state index is 14.3.